The van der Waals surface area contributed by atoms with E-state index in [0.29, 0.717) is 11.3 Å². The Balaban J connectivity index is 1.80. The maximum atomic E-state index is 12.4. The Labute approximate surface area is 147 Å². The van der Waals surface area contributed by atoms with E-state index in [1.807, 2.05) is 0 Å². The number of carbonyl (C=O) groups excluding carboxylic acids is 1. The zero-order valence-corrected chi connectivity index (χ0v) is 16.1. The number of esters is 1. The van der Waals surface area contributed by atoms with E-state index in [1.165, 1.54) is 44.9 Å². The van der Waals surface area contributed by atoms with Gasteiger partial charge in [0.05, 0.1) is 13.0 Å². The number of rotatable bonds is 4. The third-order valence-corrected chi connectivity index (χ3v) is 8.22. The average Bonchev–Trinajstić information content (AvgIpc) is 3.09. The summed E-state index contributed by atoms with van der Waals surface area (Å²) in [6, 6.07) is 0. The number of ether oxygens (including phenoxy) is 2. The van der Waals surface area contributed by atoms with Gasteiger partial charge in [-0.3, -0.25) is 4.79 Å². The van der Waals surface area contributed by atoms with Crippen molar-refractivity contribution in [3.8, 4) is 0 Å². The standard InChI is InChI=1S/C21H36O3/c1-15-8-11-21(3)17(19(22)23-4)6-5-7-18(21)20(15,2)12-9-16-10-13-24-14-16/h15-18H,5-14H2,1-4H3/t15-,16-,17+,18-,20+,21+/m0/s1. The zero-order valence-electron chi connectivity index (χ0n) is 16.1. The topological polar surface area (TPSA) is 35.5 Å². The van der Waals surface area contributed by atoms with Crippen LogP contribution in [0.3, 0.4) is 0 Å². The van der Waals surface area contributed by atoms with Crippen molar-refractivity contribution in [3.63, 3.8) is 0 Å². The predicted molar refractivity (Wildman–Crippen MR) is 95.6 cm³/mol. The van der Waals surface area contributed by atoms with E-state index in [-0.39, 0.29) is 17.3 Å². The van der Waals surface area contributed by atoms with Gasteiger partial charge in [-0.1, -0.05) is 27.2 Å². The first kappa shape index (κ1) is 18.2. The molecule has 0 N–H and O–H groups in total. The second kappa shape index (κ2) is 6.97. The van der Waals surface area contributed by atoms with Crippen molar-refractivity contribution >= 4 is 5.97 Å². The Hall–Kier alpha value is -0.570. The Morgan fingerprint density at radius 2 is 2.00 bits per heavy atom. The fraction of sp³-hybridized carbons (Fsp3) is 0.952. The third-order valence-electron chi connectivity index (χ3n) is 8.22. The molecule has 6 atom stereocenters. The van der Waals surface area contributed by atoms with Crippen LogP contribution >= 0.6 is 0 Å². The van der Waals surface area contributed by atoms with E-state index >= 15 is 0 Å². The second-order valence-electron chi connectivity index (χ2n) is 9.28. The molecule has 1 saturated heterocycles. The zero-order chi connectivity index (χ0) is 17.4. The van der Waals surface area contributed by atoms with E-state index in [1.54, 1.807) is 7.11 Å². The molecule has 3 fully saturated rings. The highest BCUT2D eigenvalue weighted by Crippen LogP contribution is 2.63. The Morgan fingerprint density at radius 1 is 1.21 bits per heavy atom. The molecule has 1 aliphatic heterocycles. The van der Waals surface area contributed by atoms with Crippen LogP contribution in [0.15, 0.2) is 0 Å². The lowest BCUT2D eigenvalue weighted by Crippen LogP contribution is -2.54. The Kier molecular flexibility index (Phi) is 5.30. The lowest BCUT2D eigenvalue weighted by Gasteiger charge is -2.60. The van der Waals surface area contributed by atoms with Crippen molar-refractivity contribution in [1.29, 1.82) is 0 Å². The predicted octanol–water partition coefficient (Wildman–Crippen LogP) is 4.83. The normalized spacial score (nSPS) is 45.7. The lowest BCUT2D eigenvalue weighted by molar-refractivity contribution is -0.167. The molecule has 3 rings (SSSR count). The lowest BCUT2D eigenvalue weighted by atomic mass is 9.44. The largest absolute Gasteiger partial charge is 0.469 e. The van der Waals surface area contributed by atoms with Crippen molar-refractivity contribution in [2.24, 2.45) is 34.5 Å². The minimum Gasteiger partial charge on any atom is -0.469 e. The molecule has 24 heavy (non-hydrogen) atoms. The molecule has 3 nitrogen and oxygen atoms in total. The molecule has 0 radical (unpaired) electrons. The van der Waals surface area contributed by atoms with Crippen LogP contribution in [-0.4, -0.2) is 26.3 Å². The van der Waals surface area contributed by atoms with Gasteiger partial charge >= 0.3 is 5.97 Å². The van der Waals surface area contributed by atoms with E-state index in [2.05, 4.69) is 20.8 Å². The van der Waals surface area contributed by atoms with Gasteiger partial charge in [-0.2, -0.15) is 0 Å². The van der Waals surface area contributed by atoms with Crippen LogP contribution in [0.2, 0.25) is 0 Å². The van der Waals surface area contributed by atoms with Crippen molar-refractivity contribution in [2.45, 2.75) is 72.1 Å². The molecule has 3 heteroatoms. The summed E-state index contributed by atoms with van der Waals surface area (Å²) in [6.07, 6.45) is 9.71. The molecule has 1 heterocycles. The molecule has 2 aliphatic carbocycles. The summed E-state index contributed by atoms with van der Waals surface area (Å²) in [5.74, 6) is 2.27. The molecule has 0 bridgehead atoms. The maximum absolute atomic E-state index is 12.4. The van der Waals surface area contributed by atoms with Crippen molar-refractivity contribution in [1.82, 2.24) is 0 Å². The van der Waals surface area contributed by atoms with Gasteiger partial charge in [-0.25, -0.2) is 0 Å². The quantitative estimate of drug-likeness (QED) is 0.689. The summed E-state index contributed by atoms with van der Waals surface area (Å²) in [5.41, 5.74) is 0.473. The molecule has 0 aromatic heterocycles. The van der Waals surface area contributed by atoms with Gasteiger partial charge in [0.2, 0.25) is 0 Å². The fourth-order valence-electron chi connectivity index (χ4n) is 6.34. The number of fused-ring (bicyclic) bond motifs is 1. The average molecular weight is 337 g/mol. The molecule has 0 aromatic rings. The number of hydrogen-bond acceptors (Lipinski definition) is 3. The van der Waals surface area contributed by atoms with Crippen LogP contribution in [0, 0.1) is 34.5 Å². The molecule has 138 valence electrons. The van der Waals surface area contributed by atoms with Gasteiger partial charge in [0.1, 0.15) is 0 Å². The van der Waals surface area contributed by atoms with Crippen LogP contribution in [0.25, 0.3) is 0 Å². The van der Waals surface area contributed by atoms with Gasteiger partial charge in [-0.05, 0) is 73.5 Å². The summed E-state index contributed by atoms with van der Waals surface area (Å²) >= 11 is 0. The molecule has 0 aromatic carbocycles. The highest BCUT2D eigenvalue weighted by atomic mass is 16.5. The SMILES string of the molecule is COC(=O)[C@H]1CCC[C@@H]2[C@]1(C)CC[C@H](C)[C@@]2(C)CC[C@H]1CCOC1. The van der Waals surface area contributed by atoms with Gasteiger partial charge < -0.3 is 9.47 Å². The Morgan fingerprint density at radius 3 is 2.67 bits per heavy atom. The molecule has 2 saturated carbocycles. The van der Waals surface area contributed by atoms with Crippen LogP contribution in [-0.2, 0) is 14.3 Å². The number of carbonyl (C=O) groups is 1. The summed E-state index contributed by atoms with van der Waals surface area (Å²) in [4.78, 5) is 12.4. The smallest absolute Gasteiger partial charge is 0.309 e. The summed E-state index contributed by atoms with van der Waals surface area (Å²) in [6.45, 7) is 9.27. The molecule has 0 amide bonds. The van der Waals surface area contributed by atoms with Gasteiger partial charge in [-0.15, -0.1) is 0 Å². The van der Waals surface area contributed by atoms with Crippen LogP contribution in [0.1, 0.15) is 72.1 Å². The van der Waals surface area contributed by atoms with Gasteiger partial charge in [0, 0.05) is 13.2 Å². The van der Waals surface area contributed by atoms with Crippen LogP contribution < -0.4 is 0 Å². The summed E-state index contributed by atoms with van der Waals surface area (Å²) in [5, 5.41) is 0. The molecular weight excluding hydrogens is 300 g/mol. The molecular formula is C21H36O3. The van der Waals surface area contributed by atoms with Gasteiger partial charge in [0.15, 0.2) is 0 Å². The fourth-order valence-corrected chi connectivity index (χ4v) is 6.34. The molecule has 0 unspecified atom stereocenters. The van der Waals surface area contributed by atoms with E-state index in [4.69, 9.17) is 9.47 Å². The van der Waals surface area contributed by atoms with Gasteiger partial charge in [0.25, 0.3) is 0 Å². The highest BCUT2D eigenvalue weighted by Gasteiger charge is 2.57. The second-order valence-corrected chi connectivity index (χ2v) is 9.28. The first-order chi connectivity index (χ1) is 11.4. The first-order valence-corrected chi connectivity index (χ1v) is 10.1. The maximum Gasteiger partial charge on any atom is 0.309 e. The van der Waals surface area contributed by atoms with Crippen molar-refractivity contribution < 1.29 is 14.3 Å². The van der Waals surface area contributed by atoms with Crippen LogP contribution in [0.4, 0.5) is 0 Å². The summed E-state index contributed by atoms with van der Waals surface area (Å²) in [7, 11) is 1.56. The third kappa shape index (κ3) is 3.02. The van der Waals surface area contributed by atoms with Crippen molar-refractivity contribution in [3.05, 3.63) is 0 Å². The van der Waals surface area contributed by atoms with E-state index in [9.17, 15) is 4.79 Å². The minimum absolute atomic E-state index is 0.0308. The highest BCUT2D eigenvalue weighted by molar-refractivity contribution is 5.73. The monoisotopic (exact) mass is 336 g/mol. The Bertz CT molecular complexity index is 456. The van der Waals surface area contributed by atoms with E-state index in [0.717, 1.165) is 31.5 Å². The first-order valence-electron chi connectivity index (χ1n) is 10.1. The number of hydrogen-bond donors (Lipinski definition) is 0. The summed E-state index contributed by atoms with van der Waals surface area (Å²) < 4.78 is 10.8. The minimum atomic E-state index is 0.0308. The number of methoxy groups -OCH3 is 1. The van der Waals surface area contributed by atoms with Crippen molar-refractivity contribution in [2.75, 3.05) is 20.3 Å². The molecule has 3 aliphatic rings. The molecule has 0 spiro atoms. The van der Waals surface area contributed by atoms with E-state index < -0.39 is 0 Å². The van der Waals surface area contributed by atoms with Crippen LogP contribution in [0.5, 0.6) is 0 Å².